The van der Waals surface area contributed by atoms with E-state index in [9.17, 15) is 4.79 Å². The van der Waals surface area contributed by atoms with Crippen molar-refractivity contribution in [2.75, 3.05) is 5.32 Å². The number of anilines is 1. The molecule has 2 aromatic rings. The summed E-state index contributed by atoms with van der Waals surface area (Å²) in [5, 5.41) is 3.75. The highest BCUT2D eigenvalue weighted by atomic mass is 35.5. The molecule has 0 aliphatic carbocycles. The molecule has 0 aliphatic rings. The lowest BCUT2D eigenvalue weighted by Crippen LogP contribution is -2.01. The summed E-state index contributed by atoms with van der Waals surface area (Å²) in [6.07, 6.45) is 1.57. The monoisotopic (exact) mass is 271 g/mol. The van der Waals surface area contributed by atoms with Crippen LogP contribution in [0.1, 0.15) is 17.3 Å². The highest BCUT2D eigenvalue weighted by Crippen LogP contribution is 2.21. The molecular weight excluding hydrogens is 258 g/mol. The van der Waals surface area contributed by atoms with Crippen LogP contribution in [-0.4, -0.2) is 5.78 Å². The zero-order valence-corrected chi connectivity index (χ0v) is 11.3. The summed E-state index contributed by atoms with van der Waals surface area (Å²) >= 11 is 6.05. The van der Waals surface area contributed by atoms with E-state index in [1.807, 2.05) is 43.3 Å². The molecule has 1 N–H and O–H groups in total. The van der Waals surface area contributed by atoms with E-state index < -0.39 is 0 Å². The van der Waals surface area contributed by atoms with Crippen LogP contribution in [0.25, 0.3) is 0 Å². The number of allylic oxidation sites excluding steroid dienone is 2. The predicted molar refractivity (Wildman–Crippen MR) is 79.6 cm³/mol. The molecule has 3 heteroatoms. The van der Waals surface area contributed by atoms with Gasteiger partial charge in [0.1, 0.15) is 0 Å². The molecule has 0 fully saturated rings. The predicted octanol–water partition coefficient (Wildman–Crippen LogP) is 4.54. The molecule has 2 rings (SSSR count). The molecule has 0 atom stereocenters. The van der Waals surface area contributed by atoms with Gasteiger partial charge in [0.15, 0.2) is 5.78 Å². The van der Waals surface area contributed by atoms with Gasteiger partial charge >= 0.3 is 0 Å². The first-order valence-electron chi connectivity index (χ1n) is 5.96. The fourth-order valence-electron chi connectivity index (χ4n) is 1.69. The number of halogens is 1. The maximum Gasteiger partial charge on any atom is 0.187 e. The number of nitrogens with one attached hydrogen (secondary N) is 1. The van der Waals surface area contributed by atoms with Crippen molar-refractivity contribution in [1.82, 2.24) is 0 Å². The molecule has 0 aliphatic heterocycles. The van der Waals surface area contributed by atoms with Crippen molar-refractivity contribution in [3.63, 3.8) is 0 Å². The maximum atomic E-state index is 12.0. The summed E-state index contributed by atoms with van der Waals surface area (Å²) in [7, 11) is 0. The third-order valence-corrected chi connectivity index (χ3v) is 2.94. The quantitative estimate of drug-likeness (QED) is 0.653. The van der Waals surface area contributed by atoms with E-state index in [0.717, 1.165) is 11.4 Å². The minimum Gasteiger partial charge on any atom is -0.358 e. The van der Waals surface area contributed by atoms with Crippen LogP contribution in [0.3, 0.4) is 0 Å². The lowest BCUT2D eigenvalue weighted by Gasteiger charge is -2.08. The fourth-order valence-corrected chi connectivity index (χ4v) is 1.88. The van der Waals surface area contributed by atoms with Gasteiger partial charge in [0.05, 0.1) is 10.7 Å². The van der Waals surface area contributed by atoms with Gasteiger partial charge in [0, 0.05) is 17.3 Å². The molecule has 0 saturated heterocycles. The van der Waals surface area contributed by atoms with Gasteiger partial charge in [0.2, 0.25) is 0 Å². The van der Waals surface area contributed by atoms with E-state index in [-0.39, 0.29) is 5.78 Å². The van der Waals surface area contributed by atoms with Gasteiger partial charge in [-0.05, 0) is 19.1 Å². The summed E-state index contributed by atoms with van der Waals surface area (Å²) in [5.41, 5.74) is 2.21. The summed E-state index contributed by atoms with van der Waals surface area (Å²) < 4.78 is 0. The number of ketones is 1. The lowest BCUT2D eigenvalue weighted by molar-refractivity contribution is 0.104. The number of hydrogen-bond donors (Lipinski definition) is 1. The Morgan fingerprint density at radius 1 is 1.05 bits per heavy atom. The maximum absolute atomic E-state index is 12.0. The van der Waals surface area contributed by atoms with Crippen molar-refractivity contribution >= 4 is 23.1 Å². The Hall–Kier alpha value is -2.06. The van der Waals surface area contributed by atoms with Crippen molar-refractivity contribution in [2.45, 2.75) is 6.92 Å². The molecule has 0 amide bonds. The second-order valence-electron chi connectivity index (χ2n) is 4.16. The van der Waals surface area contributed by atoms with Crippen molar-refractivity contribution < 1.29 is 4.79 Å². The van der Waals surface area contributed by atoms with Gasteiger partial charge < -0.3 is 5.32 Å². The third kappa shape index (κ3) is 3.70. The molecule has 2 nitrogen and oxygen atoms in total. The average molecular weight is 272 g/mol. The largest absolute Gasteiger partial charge is 0.358 e. The van der Waals surface area contributed by atoms with E-state index in [4.69, 9.17) is 11.6 Å². The number of carbonyl (C=O) groups is 1. The molecule has 0 spiro atoms. The van der Waals surface area contributed by atoms with E-state index in [1.54, 1.807) is 24.3 Å². The normalized spacial score (nSPS) is 11.2. The fraction of sp³-hybridized carbons (Fsp3) is 0.0625. The molecule has 0 unspecified atom stereocenters. The zero-order valence-electron chi connectivity index (χ0n) is 10.6. The number of carbonyl (C=O) groups excluding carboxylic acids is 1. The molecule has 96 valence electrons. The van der Waals surface area contributed by atoms with Crippen LogP contribution < -0.4 is 5.32 Å². The van der Waals surface area contributed by atoms with Crippen LogP contribution in [0.4, 0.5) is 5.69 Å². The minimum absolute atomic E-state index is 0.0300. The van der Waals surface area contributed by atoms with Gasteiger partial charge in [-0.3, -0.25) is 4.79 Å². The lowest BCUT2D eigenvalue weighted by atomic mass is 10.1. The summed E-state index contributed by atoms with van der Waals surface area (Å²) in [4.78, 5) is 12.0. The first kappa shape index (κ1) is 13.4. The van der Waals surface area contributed by atoms with E-state index >= 15 is 0 Å². The Kier molecular flexibility index (Phi) is 4.37. The van der Waals surface area contributed by atoms with Crippen LogP contribution in [0.15, 0.2) is 66.4 Å². The van der Waals surface area contributed by atoms with Crippen LogP contribution in [0.2, 0.25) is 5.02 Å². The number of rotatable bonds is 4. The highest BCUT2D eigenvalue weighted by Gasteiger charge is 2.03. The van der Waals surface area contributed by atoms with Crippen LogP contribution in [-0.2, 0) is 0 Å². The van der Waals surface area contributed by atoms with Gasteiger partial charge in [0.25, 0.3) is 0 Å². The van der Waals surface area contributed by atoms with Gasteiger partial charge in [-0.1, -0.05) is 54.1 Å². The second-order valence-corrected chi connectivity index (χ2v) is 4.57. The van der Waals surface area contributed by atoms with Crippen molar-refractivity contribution in [3.05, 3.63) is 77.0 Å². The first-order valence-corrected chi connectivity index (χ1v) is 6.34. The van der Waals surface area contributed by atoms with Gasteiger partial charge in [-0.2, -0.15) is 0 Å². The number of benzene rings is 2. The van der Waals surface area contributed by atoms with Crippen molar-refractivity contribution in [2.24, 2.45) is 0 Å². The molecule has 0 aromatic heterocycles. The molecule has 0 saturated carbocycles. The van der Waals surface area contributed by atoms with Gasteiger partial charge in [-0.15, -0.1) is 0 Å². The van der Waals surface area contributed by atoms with E-state index in [1.165, 1.54) is 0 Å². The Morgan fingerprint density at radius 3 is 2.37 bits per heavy atom. The topological polar surface area (TPSA) is 29.1 Å². The molecule has 0 radical (unpaired) electrons. The first-order chi connectivity index (χ1) is 9.16. The molecule has 19 heavy (non-hydrogen) atoms. The Labute approximate surface area is 117 Å². The summed E-state index contributed by atoms with van der Waals surface area (Å²) in [5.74, 6) is -0.0300. The highest BCUT2D eigenvalue weighted by molar-refractivity contribution is 6.33. The van der Waals surface area contributed by atoms with Crippen LogP contribution in [0.5, 0.6) is 0 Å². The molecule has 0 heterocycles. The minimum atomic E-state index is -0.0300. The second kappa shape index (κ2) is 6.21. The Morgan fingerprint density at radius 2 is 1.68 bits per heavy atom. The Balaban J connectivity index is 2.12. The van der Waals surface area contributed by atoms with Crippen molar-refractivity contribution in [3.8, 4) is 0 Å². The van der Waals surface area contributed by atoms with E-state index in [2.05, 4.69) is 5.32 Å². The number of para-hydroxylation sites is 1. The van der Waals surface area contributed by atoms with E-state index in [0.29, 0.717) is 10.6 Å². The average Bonchev–Trinajstić information content (AvgIpc) is 2.42. The Bertz CT molecular complexity index is 605. The molecule has 2 aromatic carbocycles. The molecule has 0 bridgehead atoms. The standard InChI is InChI=1S/C16H14ClNO/c1-12(18-15-10-6-5-9-14(15)17)11-16(19)13-7-3-2-4-8-13/h2-11,18H,1H3/b12-11+. The van der Waals surface area contributed by atoms with Crippen LogP contribution >= 0.6 is 11.6 Å². The SMILES string of the molecule is C/C(=C\C(=O)c1ccccc1)Nc1ccccc1Cl. The smallest absolute Gasteiger partial charge is 0.187 e. The zero-order chi connectivity index (χ0) is 13.7. The number of hydrogen-bond acceptors (Lipinski definition) is 2. The van der Waals surface area contributed by atoms with Gasteiger partial charge in [-0.25, -0.2) is 0 Å². The molecular formula is C16H14ClNO. The summed E-state index contributed by atoms with van der Waals surface area (Å²) in [6, 6.07) is 16.6. The van der Waals surface area contributed by atoms with Crippen molar-refractivity contribution in [1.29, 1.82) is 0 Å². The summed E-state index contributed by atoms with van der Waals surface area (Å²) in [6.45, 7) is 1.84. The van der Waals surface area contributed by atoms with Crippen LogP contribution in [0, 0.1) is 0 Å². The third-order valence-electron chi connectivity index (χ3n) is 2.61.